The van der Waals surface area contributed by atoms with Crippen LogP contribution in [0.1, 0.15) is 68.3 Å². The Labute approximate surface area is 207 Å². The van der Waals surface area contributed by atoms with Gasteiger partial charge in [-0.1, -0.05) is 26.0 Å². The van der Waals surface area contributed by atoms with E-state index in [4.69, 9.17) is 0 Å². The monoisotopic (exact) mass is 473 g/mol. The van der Waals surface area contributed by atoms with Crippen LogP contribution in [0.3, 0.4) is 0 Å². The molecule has 0 heterocycles. The molecule has 3 N–H and O–H groups in total. The molecule has 6 heteroatoms. The second kappa shape index (κ2) is 9.48. The third-order valence-corrected chi connectivity index (χ3v) is 8.12. The van der Waals surface area contributed by atoms with E-state index in [-0.39, 0.29) is 29.1 Å². The summed E-state index contributed by atoms with van der Waals surface area (Å²) in [4.78, 5) is 37.6. The maximum absolute atomic E-state index is 13.2. The van der Waals surface area contributed by atoms with Crippen molar-refractivity contribution in [2.75, 3.05) is 10.6 Å². The van der Waals surface area contributed by atoms with E-state index >= 15 is 0 Å². The van der Waals surface area contributed by atoms with E-state index in [0.29, 0.717) is 23.5 Å². The summed E-state index contributed by atoms with van der Waals surface area (Å²) in [6, 6.07) is 14.5. The van der Waals surface area contributed by atoms with Crippen molar-refractivity contribution < 1.29 is 14.4 Å². The minimum absolute atomic E-state index is 0.0454. The zero-order valence-electron chi connectivity index (χ0n) is 20.6. The van der Waals surface area contributed by atoms with E-state index in [1.54, 1.807) is 36.4 Å². The molecule has 0 aromatic heterocycles. The molecule has 2 aromatic carbocycles. The minimum atomic E-state index is -0.201. The Hall–Kier alpha value is -3.15. The highest BCUT2D eigenvalue weighted by molar-refractivity contribution is 6.04. The molecule has 4 fully saturated rings. The van der Waals surface area contributed by atoms with Crippen LogP contribution in [-0.2, 0) is 16.1 Å². The van der Waals surface area contributed by atoms with Crippen LogP contribution in [0.25, 0.3) is 0 Å². The Kier molecular flexibility index (Phi) is 6.39. The topological polar surface area (TPSA) is 87.3 Å². The minimum Gasteiger partial charge on any atom is -0.352 e. The molecule has 2 aromatic rings. The number of amides is 3. The molecule has 4 aliphatic rings. The van der Waals surface area contributed by atoms with Crippen LogP contribution < -0.4 is 16.0 Å². The van der Waals surface area contributed by atoms with Gasteiger partial charge in [0.05, 0.1) is 0 Å². The van der Waals surface area contributed by atoms with Crippen molar-refractivity contribution >= 4 is 29.1 Å². The van der Waals surface area contributed by atoms with Gasteiger partial charge in [0.15, 0.2) is 0 Å². The predicted octanol–water partition coefficient (Wildman–Crippen LogP) is 5.37. The molecule has 6 nitrogen and oxygen atoms in total. The van der Waals surface area contributed by atoms with E-state index in [0.717, 1.165) is 42.6 Å². The normalized spacial score (nSPS) is 26.4. The average molecular weight is 474 g/mol. The molecule has 3 amide bonds. The molecule has 35 heavy (non-hydrogen) atoms. The second-order valence-corrected chi connectivity index (χ2v) is 11.3. The van der Waals surface area contributed by atoms with Gasteiger partial charge in [-0.2, -0.15) is 0 Å². The lowest BCUT2D eigenvalue weighted by Gasteiger charge is -2.55. The fourth-order valence-electron chi connectivity index (χ4n) is 6.66. The van der Waals surface area contributed by atoms with Crippen LogP contribution in [0.2, 0.25) is 0 Å². The summed E-state index contributed by atoms with van der Waals surface area (Å²) in [6.45, 7) is 4.17. The van der Waals surface area contributed by atoms with Gasteiger partial charge >= 0.3 is 0 Å². The molecule has 0 saturated heterocycles. The molecular weight excluding hydrogens is 438 g/mol. The van der Waals surface area contributed by atoms with Crippen molar-refractivity contribution in [1.82, 2.24) is 5.32 Å². The standard InChI is InChI=1S/C29H35N3O3/c1-18(2)26(33)31-24-7-9-25(10-8-24)32-27(34)23-5-3-19(4-6-23)17-30-28(35)29-14-20-11-21(15-29)13-22(12-20)16-29/h3-10,18,20-22H,11-17H2,1-2H3,(H,30,35)(H,31,33)(H,32,34). The number of rotatable bonds is 7. The summed E-state index contributed by atoms with van der Waals surface area (Å²) in [7, 11) is 0. The number of carbonyl (C=O) groups is 3. The summed E-state index contributed by atoms with van der Waals surface area (Å²) >= 11 is 0. The van der Waals surface area contributed by atoms with Gasteiger partial charge in [-0.3, -0.25) is 14.4 Å². The van der Waals surface area contributed by atoms with Gasteiger partial charge in [0, 0.05) is 34.8 Å². The van der Waals surface area contributed by atoms with Crippen LogP contribution in [0.5, 0.6) is 0 Å². The van der Waals surface area contributed by atoms with Gasteiger partial charge in [0.2, 0.25) is 11.8 Å². The molecule has 0 radical (unpaired) electrons. The molecule has 0 unspecified atom stereocenters. The van der Waals surface area contributed by atoms with Crippen molar-refractivity contribution in [2.24, 2.45) is 29.1 Å². The first kappa shape index (κ1) is 23.6. The third kappa shape index (κ3) is 5.12. The molecule has 0 spiro atoms. The fourth-order valence-corrected chi connectivity index (χ4v) is 6.66. The fraction of sp³-hybridized carbons (Fsp3) is 0.483. The van der Waals surface area contributed by atoms with Crippen molar-refractivity contribution in [3.63, 3.8) is 0 Å². The smallest absolute Gasteiger partial charge is 0.255 e. The highest BCUT2D eigenvalue weighted by atomic mass is 16.2. The van der Waals surface area contributed by atoms with Gasteiger partial charge in [-0.15, -0.1) is 0 Å². The first-order valence-electron chi connectivity index (χ1n) is 12.9. The number of carbonyl (C=O) groups excluding carboxylic acids is 3. The Morgan fingerprint density at radius 1 is 0.800 bits per heavy atom. The summed E-state index contributed by atoms with van der Waals surface area (Å²) in [5.74, 6) is 2.14. The van der Waals surface area contributed by atoms with Crippen LogP contribution in [0, 0.1) is 29.1 Å². The summed E-state index contributed by atoms with van der Waals surface area (Å²) in [6.07, 6.45) is 7.18. The van der Waals surface area contributed by atoms with Crippen molar-refractivity contribution in [2.45, 2.75) is 58.9 Å². The number of benzene rings is 2. The van der Waals surface area contributed by atoms with Crippen molar-refractivity contribution in [3.05, 3.63) is 59.7 Å². The lowest BCUT2D eigenvalue weighted by molar-refractivity contribution is -0.146. The van der Waals surface area contributed by atoms with E-state index in [1.807, 2.05) is 26.0 Å². The molecule has 4 aliphatic carbocycles. The largest absolute Gasteiger partial charge is 0.352 e. The maximum atomic E-state index is 13.2. The summed E-state index contributed by atoms with van der Waals surface area (Å²) in [5.41, 5.74) is 2.76. The van der Waals surface area contributed by atoms with Gasteiger partial charge in [0.25, 0.3) is 5.91 Å². The maximum Gasteiger partial charge on any atom is 0.255 e. The van der Waals surface area contributed by atoms with Crippen molar-refractivity contribution in [1.29, 1.82) is 0 Å². The number of anilines is 2. The number of hydrogen-bond acceptors (Lipinski definition) is 3. The van der Waals surface area contributed by atoms with Crippen LogP contribution >= 0.6 is 0 Å². The van der Waals surface area contributed by atoms with Crippen molar-refractivity contribution in [3.8, 4) is 0 Å². The lowest BCUT2D eigenvalue weighted by atomic mass is 9.49. The van der Waals surface area contributed by atoms with Gasteiger partial charge in [-0.25, -0.2) is 0 Å². The van der Waals surface area contributed by atoms with Gasteiger partial charge in [0.1, 0.15) is 0 Å². The molecule has 4 bridgehead atoms. The molecule has 6 rings (SSSR count). The molecule has 0 atom stereocenters. The highest BCUT2D eigenvalue weighted by Gasteiger charge is 2.54. The molecular formula is C29H35N3O3. The highest BCUT2D eigenvalue weighted by Crippen LogP contribution is 2.60. The Morgan fingerprint density at radius 2 is 1.31 bits per heavy atom. The van der Waals surface area contributed by atoms with E-state index in [2.05, 4.69) is 16.0 Å². The first-order valence-corrected chi connectivity index (χ1v) is 12.9. The quantitative estimate of drug-likeness (QED) is 0.505. The van der Waals surface area contributed by atoms with E-state index < -0.39 is 0 Å². The van der Waals surface area contributed by atoms with Gasteiger partial charge in [-0.05, 0) is 98.2 Å². The number of nitrogens with one attached hydrogen (secondary N) is 3. The predicted molar refractivity (Wildman–Crippen MR) is 137 cm³/mol. The Balaban J connectivity index is 1.13. The average Bonchev–Trinajstić information content (AvgIpc) is 2.83. The van der Waals surface area contributed by atoms with E-state index in [9.17, 15) is 14.4 Å². The molecule has 0 aliphatic heterocycles. The third-order valence-electron chi connectivity index (χ3n) is 8.12. The Morgan fingerprint density at radius 3 is 1.83 bits per heavy atom. The van der Waals surface area contributed by atoms with Crippen LogP contribution in [-0.4, -0.2) is 17.7 Å². The van der Waals surface area contributed by atoms with Crippen LogP contribution in [0.4, 0.5) is 11.4 Å². The molecule has 4 saturated carbocycles. The lowest BCUT2D eigenvalue weighted by Crippen LogP contribution is -2.53. The SMILES string of the molecule is CC(C)C(=O)Nc1ccc(NC(=O)c2ccc(CNC(=O)C34CC5CC(CC(C5)C3)C4)cc2)cc1. The first-order chi connectivity index (χ1) is 16.8. The van der Waals surface area contributed by atoms with E-state index in [1.165, 1.54) is 19.3 Å². The molecule has 184 valence electrons. The number of hydrogen-bond donors (Lipinski definition) is 3. The summed E-state index contributed by atoms with van der Waals surface area (Å²) in [5, 5.41) is 8.92. The van der Waals surface area contributed by atoms with Crippen LogP contribution in [0.15, 0.2) is 48.5 Å². The second-order valence-electron chi connectivity index (χ2n) is 11.3. The Bertz CT molecular complexity index is 1070. The zero-order chi connectivity index (χ0) is 24.6. The zero-order valence-corrected chi connectivity index (χ0v) is 20.6. The van der Waals surface area contributed by atoms with Gasteiger partial charge < -0.3 is 16.0 Å². The summed E-state index contributed by atoms with van der Waals surface area (Å²) < 4.78 is 0.